The first-order valence-corrected chi connectivity index (χ1v) is 16.6. The largest absolute Gasteiger partial charge is 0.480 e. The van der Waals surface area contributed by atoms with Crippen molar-refractivity contribution in [3.63, 3.8) is 0 Å². The zero-order chi connectivity index (χ0) is 33.6. The molecule has 0 aromatic heterocycles. The Kier molecular flexibility index (Phi) is 9.74. The summed E-state index contributed by atoms with van der Waals surface area (Å²) in [6.45, 7) is 4.38. The number of ether oxygens (including phenoxy) is 1. The summed E-state index contributed by atoms with van der Waals surface area (Å²) in [4.78, 5) is 25.5. The van der Waals surface area contributed by atoms with Gasteiger partial charge in [0.25, 0.3) is 0 Å². The fourth-order valence-electron chi connectivity index (χ4n) is 6.95. The molecule has 48 heavy (non-hydrogen) atoms. The maximum absolute atomic E-state index is 13.0. The van der Waals surface area contributed by atoms with Gasteiger partial charge in [0.1, 0.15) is 12.1 Å². The van der Waals surface area contributed by atoms with Crippen molar-refractivity contribution in [3.05, 3.63) is 167 Å². The van der Waals surface area contributed by atoms with Gasteiger partial charge in [0.2, 0.25) is 0 Å². The monoisotopic (exact) mass is 638 g/mol. The van der Waals surface area contributed by atoms with Gasteiger partial charge < -0.3 is 15.2 Å². The van der Waals surface area contributed by atoms with Gasteiger partial charge in [-0.2, -0.15) is 0 Å². The maximum Gasteiger partial charge on any atom is 0.408 e. The van der Waals surface area contributed by atoms with Gasteiger partial charge in [0.15, 0.2) is 0 Å². The Balaban J connectivity index is 1.11. The molecular formula is C42H42N2O4. The molecule has 0 saturated carbocycles. The fraction of sp³-hybridized carbons (Fsp3) is 0.238. The van der Waals surface area contributed by atoms with Crippen molar-refractivity contribution in [3.8, 4) is 11.1 Å². The Bertz CT molecular complexity index is 1770. The molecule has 0 unspecified atom stereocenters. The number of carbonyl (C=O) groups is 2. The van der Waals surface area contributed by atoms with E-state index >= 15 is 0 Å². The lowest BCUT2D eigenvalue weighted by Gasteiger charge is -2.37. The van der Waals surface area contributed by atoms with Gasteiger partial charge in [0, 0.05) is 5.92 Å². The number of carbonyl (C=O) groups excluding carboxylic acids is 1. The minimum Gasteiger partial charge on any atom is -0.480 e. The van der Waals surface area contributed by atoms with Crippen LogP contribution in [-0.4, -0.2) is 35.9 Å². The Labute approximate surface area is 282 Å². The van der Waals surface area contributed by atoms with Crippen molar-refractivity contribution >= 4 is 12.1 Å². The summed E-state index contributed by atoms with van der Waals surface area (Å²) in [5, 5.41) is 16.7. The lowest BCUT2D eigenvalue weighted by atomic mass is 9.76. The summed E-state index contributed by atoms with van der Waals surface area (Å²) in [6.07, 6.45) is 0.796. The van der Waals surface area contributed by atoms with E-state index in [1.54, 1.807) is 6.92 Å². The number of benzene rings is 5. The number of fused-ring (bicyclic) bond motifs is 3. The maximum atomic E-state index is 13.0. The van der Waals surface area contributed by atoms with Crippen LogP contribution in [0.5, 0.6) is 0 Å². The molecule has 1 amide bonds. The summed E-state index contributed by atoms with van der Waals surface area (Å²) in [7, 11) is 0. The van der Waals surface area contributed by atoms with Crippen molar-refractivity contribution < 1.29 is 19.4 Å². The second kappa shape index (κ2) is 14.3. The van der Waals surface area contributed by atoms with Crippen LogP contribution in [0.1, 0.15) is 65.5 Å². The summed E-state index contributed by atoms with van der Waals surface area (Å²) < 4.78 is 5.69. The third-order valence-corrected chi connectivity index (χ3v) is 9.59. The summed E-state index contributed by atoms with van der Waals surface area (Å²) in [5.41, 5.74) is 6.94. The van der Waals surface area contributed by atoms with Crippen LogP contribution in [0.3, 0.4) is 0 Å². The van der Waals surface area contributed by atoms with E-state index < -0.39 is 23.1 Å². The molecule has 244 valence electrons. The van der Waals surface area contributed by atoms with Crippen molar-refractivity contribution in [2.75, 3.05) is 13.2 Å². The number of carboxylic acid groups (broad SMARTS) is 1. The molecule has 3 N–H and O–H groups in total. The standard InChI is InChI=1S/C42H42N2O4/c1-30-23-25-33(26-24-30)42(31-15-5-3-6-16-31,32-17-7-4-8-18-32)43-28-14-13-27-41(2,39(45)46)44-40(47)48-29-38-36-21-11-9-19-34(36)35-20-10-12-22-37(35)38/h3-12,15-26,38,43H,13-14,27-29H2,1-2H3,(H,44,47)(H,45,46)/t41-/m0/s1. The summed E-state index contributed by atoms with van der Waals surface area (Å²) >= 11 is 0. The van der Waals surface area contributed by atoms with Crippen LogP contribution in [0.4, 0.5) is 4.79 Å². The molecule has 5 aromatic rings. The molecule has 1 aliphatic carbocycles. The van der Waals surface area contributed by atoms with Crippen molar-refractivity contribution in [2.24, 2.45) is 0 Å². The van der Waals surface area contributed by atoms with Gasteiger partial charge in [-0.25, -0.2) is 9.59 Å². The minimum absolute atomic E-state index is 0.103. The number of amides is 1. The molecule has 0 heterocycles. The molecule has 0 fully saturated rings. The first-order chi connectivity index (χ1) is 23.3. The van der Waals surface area contributed by atoms with Crippen molar-refractivity contribution in [1.82, 2.24) is 10.6 Å². The average Bonchev–Trinajstić information content (AvgIpc) is 3.43. The topological polar surface area (TPSA) is 87.7 Å². The molecule has 6 rings (SSSR count). The number of carboxylic acids is 1. The lowest BCUT2D eigenvalue weighted by Crippen LogP contribution is -2.52. The molecule has 0 saturated heterocycles. The molecular weight excluding hydrogens is 596 g/mol. The normalized spacial score (nSPS) is 13.6. The van der Waals surface area contributed by atoms with Gasteiger partial charge in [-0.15, -0.1) is 0 Å². The predicted octanol–water partition coefficient (Wildman–Crippen LogP) is 8.43. The van der Waals surface area contributed by atoms with Crippen LogP contribution < -0.4 is 10.6 Å². The van der Waals surface area contributed by atoms with E-state index in [1.165, 1.54) is 5.56 Å². The number of hydrogen-bond acceptors (Lipinski definition) is 4. The van der Waals surface area contributed by atoms with E-state index in [-0.39, 0.29) is 18.9 Å². The molecule has 5 aromatic carbocycles. The number of aliphatic carboxylic acids is 1. The Morgan fingerprint density at radius 3 is 1.73 bits per heavy atom. The van der Waals surface area contributed by atoms with Crippen molar-refractivity contribution in [2.45, 2.75) is 50.1 Å². The average molecular weight is 639 g/mol. The third kappa shape index (κ3) is 6.62. The van der Waals surface area contributed by atoms with E-state index in [0.29, 0.717) is 19.4 Å². The molecule has 0 spiro atoms. The van der Waals surface area contributed by atoms with E-state index in [9.17, 15) is 14.7 Å². The van der Waals surface area contributed by atoms with Gasteiger partial charge in [-0.1, -0.05) is 139 Å². The van der Waals surface area contributed by atoms with E-state index in [2.05, 4.69) is 115 Å². The molecule has 0 aliphatic heterocycles. The highest BCUT2D eigenvalue weighted by Crippen LogP contribution is 2.44. The number of nitrogens with one attached hydrogen (secondary N) is 2. The molecule has 1 aliphatic rings. The molecule has 6 heteroatoms. The predicted molar refractivity (Wildman–Crippen MR) is 190 cm³/mol. The van der Waals surface area contributed by atoms with Crippen LogP contribution >= 0.6 is 0 Å². The molecule has 0 radical (unpaired) electrons. The van der Waals surface area contributed by atoms with Gasteiger partial charge in [0.05, 0.1) is 5.54 Å². The number of hydrogen-bond donors (Lipinski definition) is 3. The number of aryl methyl sites for hydroxylation is 1. The Hall–Kier alpha value is -5.20. The van der Waals surface area contributed by atoms with Crippen LogP contribution in [0.25, 0.3) is 11.1 Å². The smallest absolute Gasteiger partial charge is 0.408 e. The number of unbranched alkanes of at least 4 members (excludes halogenated alkanes) is 1. The number of rotatable bonds is 13. The second-order valence-electron chi connectivity index (χ2n) is 12.8. The van der Waals surface area contributed by atoms with Crippen LogP contribution in [0.15, 0.2) is 133 Å². The van der Waals surface area contributed by atoms with Gasteiger partial charge >= 0.3 is 12.1 Å². The first-order valence-electron chi connectivity index (χ1n) is 16.6. The van der Waals surface area contributed by atoms with Gasteiger partial charge in [-0.05, 0) is 78.6 Å². The SMILES string of the molecule is Cc1ccc(C(NCCCC[C@](C)(NC(=O)OCC2c3ccccc3-c3ccccc32)C(=O)O)(c2ccccc2)c2ccccc2)cc1. The van der Waals surface area contributed by atoms with Crippen LogP contribution in [0, 0.1) is 6.92 Å². The molecule has 1 atom stereocenters. The van der Waals surface area contributed by atoms with E-state index in [4.69, 9.17) is 4.74 Å². The minimum atomic E-state index is -1.48. The highest BCUT2D eigenvalue weighted by Gasteiger charge is 2.38. The quantitative estimate of drug-likeness (QED) is 0.0890. The van der Waals surface area contributed by atoms with Gasteiger partial charge in [-0.3, -0.25) is 5.32 Å². The highest BCUT2D eigenvalue weighted by molar-refractivity contribution is 5.84. The fourth-order valence-corrected chi connectivity index (χ4v) is 6.95. The Morgan fingerprint density at radius 2 is 1.19 bits per heavy atom. The molecule has 0 bridgehead atoms. The van der Waals surface area contributed by atoms with E-state index in [1.807, 2.05) is 36.4 Å². The second-order valence-corrected chi connectivity index (χ2v) is 12.8. The third-order valence-electron chi connectivity index (χ3n) is 9.59. The molecule has 6 nitrogen and oxygen atoms in total. The summed E-state index contributed by atoms with van der Waals surface area (Å²) in [6, 6.07) is 45.6. The van der Waals surface area contributed by atoms with Crippen LogP contribution in [-0.2, 0) is 15.1 Å². The van der Waals surface area contributed by atoms with Crippen molar-refractivity contribution in [1.29, 1.82) is 0 Å². The lowest BCUT2D eigenvalue weighted by molar-refractivity contribution is -0.144. The highest BCUT2D eigenvalue weighted by atomic mass is 16.5. The van der Waals surface area contributed by atoms with Crippen LogP contribution in [0.2, 0.25) is 0 Å². The van der Waals surface area contributed by atoms with E-state index in [0.717, 1.165) is 38.9 Å². The summed E-state index contributed by atoms with van der Waals surface area (Å²) in [5.74, 6) is -1.19. The first kappa shape index (κ1) is 32.7. The number of alkyl carbamates (subject to hydrolysis) is 1. The Morgan fingerprint density at radius 1 is 0.688 bits per heavy atom. The zero-order valence-electron chi connectivity index (χ0n) is 27.5. The zero-order valence-corrected chi connectivity index (χ0v) is 27.5.